The molecule has 0 radical (unpaired) electrons. The lowest BCUT2D eigenvalue weighted by Crippen LogP contribution is -2.12. The van der Waals surface area contributed by atoms with E-state index in [-0.39, 0.29) is 6.04 Å². The quantitative estimate of drug-likeness (QED) is 0.907. The molecule has 2 aromatic heterocycles. The molecule has 17 heavy (non-hydrogen) atoms. The van der Waals surface area contributed by atoms with E-state index in [1.807, 2.05) is 30.1 Å². The van der Waals surface area contributed by atoms with Gasteiger partial charge < -0.3 is 5.73 Å². The smallest absolute Gasteiger partial charge is 0.0897 e. The summed E-state index contributed by atoms with van der Waals surface area (Å²) in [4.78, 5) is 5.35. The van der Waals surface area contributed by atoms with Gasteiger partial charge in [0.05, 0.1) is 10.7 Å². The van der Waals surface area contributed by atoms with Gasteiger partial charge in [0.15, 0.2) is 0 Å². The molecule has 2 heterocycles. The van der Waals surface area contributed by atoms with Crippen molar-refractivity contribution in [3.05, 3.63) is 34.0 Å². The first-order valence-corrected chi connectivity index (χ1v) is 6.60. The third kappa shape index (κ3) is 2.92. The van der Waals surface area contributed by atoms with Crippen LogP contribution in [0.15, 0.2) is 18.5 Å². The van der Waals surface area contributed by atoms with Crippen LogP contribution < -0.4 is 5.73 Å². The van der Waals surface area contributed by atoms with Crippen molar-refractivity contribution in [2.45, 2.75) is 39.3 Å². The summed E-state index contributed by atoms with van der Waals surface area (Å²) in [5, 5.41) is 5.56. The van der Waals surface area contributed by atoms with Crippen LogP contribution in [-0.4, -0.2) is 14.8 Å². The van der Waals surface area contributed by atoms with Gasteiger partial charge in [0.25, 0.3) is 0 Å². The van der Waals surface area contributed by atoms with Crippen molar-refractivity contribution in [3.63, 3.8) is 0 Å². The van der Waals surface area contributed by atoms with E-state index in [1.165, 1.54) is 0 Å². The zero-order chi connectivity index (χ0) is 12.4. The van der Waals surface area contributed by atoms with Gasteiger partial charge in [0, 0.05) is 35.8 Å². The monoisotopic (exact) mass is 250 g/mol. The Balaban J connectivity index is 2.05. The number of aryl methyl sites for hydroxylation is 1. The maximum atomic E-state index is 6.15. The molecule has 1 unspecified atom stereocenters. The average Bonchev–Trinajstić information content (AvgIpc) is 2.86. The van der Waals surface area contributed by atoms with Crippen molar-refractivity contribution < 1.29 is 0 Å². The third-order valence-electron chi connectivity index (χ3n) is 2.63. The molecule has 92 valence electrons. The Morgan fingerprint density at radius 1 is 1.47 bits per heavy atom. The number of rotatable bonds is 4. The van der Waals surface area contributed by atoms with Crippen LogP contribution in [0, 0.1) is 6.92 Å². The highest BCUT2D eigenvalue weighted by molar-refractivity contribution is 7.11. The van der Waals surface area contributed by atoms with Crippen molar-refractivity contribution >= 4 is 11.3 Å². The summed E-state index contributed by atoms with van der Waals surface area (Å²) in [6.07, 6.45) is 4.64. The van der Waals surface area contributed by atoms with Crippen molar-refractivity contribution in [1.29, 1.82) is 0 Å². The van der Waals surface area contributed by atoms with Crippen LogP contribution in [-0.2, 0) is 6.42 Å². The molecule has 2 aromatic rings. The van der Waals surface area contributed by atoms with Gasteiger partial charge >= 0.3 is 0 Å². The number of hydrogen-bond acceptors (Lipinski definition) is 4. The Labute approximate surface area is 105 Å². The van der Waals surface area contributed by atoms with Crippen LogP contribution in [0.1, 0.15) is 41.5 Å². The summed E-state index contributed by atoms with van der Waals surface area (Å²) in [7, 11) is 0. The van der Waals surface area contributed by atoms with E-state index in [2.05, 4.69) is 23.9 Å². The van der Waals surface area contributed by atoms with Gasteiger partial charge in [0.1, 0.15) is 0 Å². The van der Waals surface area contributed by atoms with Gasteiger partial charge in [-0.1, -0.05) is 0 Å². The molecule has 0 spiro atoms. The molecule has 0 aliphatic rings. The molecule has 1 atom stereocenters. The number of thiazole rings is 1. The second-order valence-corrected chi connectivity index (χ2v) is 5.74. The number of nitrogens with two attached hydrogens (primary N) is 1. The maximum Gasteiger partial charge on any atom is 0.0897 e. The van der Waals surface area contributed by atoms with Crippen LogP contribution in [0.3, 0.4) is 0 Å². The van der Waals surface area contributed by atoms with Crippen molar-refractivity contribution in [3.8, 4) is 0 Å². The summed E-state index contributed by atoms with van der Waals surface area (Å²) >= 11 is 1.66. The van der Waals surface area contributed by atoms with E-state index in [0.717, 1.165) is 22.0 Å². The number of hydrogen-bond donors (Lipinski definition) is 1. The molecule has 5 heteroatoms. The fourth-order valence-electron chi connectivity index (χ4n) is 1.65. The molecule has 2 N–H and O–H groups in total. The van der Waals surface area contributed by atoms with Gasteiger partial charge in [-0.15, -0.1) is 11.3 Å². The lowest BCUT2D eigenvalue weighted by Gasteiger charge is -2.07. The Morgan fingerprint density at radius 2 is 2.24 bits per heavy atom. The molecule has 0 saturated carbocycles. The third-order valence-corrected chi connectivity index (χ3v) is 3.67. The largest absolute Gasteiger partial charge is 0.323 e. The van der Waals surface area contributed by atoms with Crippen molar-refractivity contribution in [2.24, 2.45) is 5.73 Å². The van der Waals surface area contributed by atoms with E-state index in [4.69, 9.17) is 5.73 Å². The second kappa shape index (κ2) is 4.98. The Hall–Kier alpha value is -1.20. The lowest BCUT2D eigenvalue weighted by molar-refractivity contribution is 0.523. The minimum absolute atomic E-state index is 0.00304. The minimum Gasteiger partial charge on any atom is -0.323 e. The first-order chi connectivity index (χ1) is 8.06. The zero-order valence-corrected chi connectivity index (χ0v) is 11.2. The van der Waals surface area contributed by atoms with Gasteiger partial charge in [-0.05, 0) is 26.8 Å². The van der Waals surface area contributed by atoms with Crippen LogP contribution in [0.4, 0.5) is 0 Å². The van der Waals surface area contributed by atoms with E-state index < -0.39 is 0 Å². The maximum absolute atomic E-state index is 6.15. The highest BCUT2D eigenvalue weighted by atomic mass is 32.1. The Bertz CT molecular complexity index is 486. The predicted molar refractivity (Wildman–Crippen MR) is 70.1 cm³/mol. The second-order valence-electron chi connectivity index (χ2n) is 4.47. The Morgan fingerprint density at radius 3 is 2.76 bits per heavy atom. The average molecular weight is 250 g/mol. The first kappa shape index (κ1) is 12.3. The minimum atomic E-state index is -0.00304. The number of nitrogens with zero attached hydrogens (tertiary/aromatic N) is 3. The molecule has 0 fully saturated rings. The number of aromatic nitrogens is 3. The molecule has 0 amide bonds. The van der Waals surface area contributed by atoms with Gasteiger partial charge in [-0.3, -0.25) is 4.68 Å². The standard InChI is InChI=1S/C12H18N4S/c1-8(2)16-5-4-10(15-16)6-11(13)12-7-14-9(3)17-12/h4-5,7-8,11H,6,13H2,1-3H3. The topological polar surface area (TPSA) is 56.7 Å². The summed E-state index contributed by atoms with van der Waals surface area (Å²) < 4.78 is 1.96. The zero-order valence-electron chi connectivity index (χ0n) is 10.4. The molecular weight excluding hydrogens is 232 g/mol. The van der Waals surface area contributed by atoms with Gasteiger partial charge in [-0.25, -0.2) is 4.98 Å². The molecular formula is C12H18N4S. The molecule has 0 aliphatic heterocycles. The summed E-state index contributed by atoms with van der Waals surface area (Å²) in [6, 6.07) is 2.43. The van der Waals surface area contributed by atoms with Crippen LogP contribution in [0.25, 0.3) is 0 Å². The molecule has 4 nitrogen and oxygen atoms in total. The first-order valence-electron chi connectivity index (χ1n) is 5.78. The van der Waals surface area contributed by atoms with Crippen LogP contribution in [0.2, 0.25) is 0 Å². The SMILES string of the molecule is Cc1ncc(C(N)Cc2ccn(C(C)C)n2)s1. The van der Waals surface area contributed by atoms with Crippen molar-refractivity contribution in [2.75, 3.05) is 0 Å². The van der Waals surface area contributed by atoms with E-state index >= 15 is 0 Å². The van der Waals surface area contributed by atoms with Crippen LogP contribution >= 0.6 is 11.3 Å². The predicted octanol–water partition coefficient (Wildman–Crippen LogP) is 2.47. The highest BCUT2D eigenvalue weighted by Gasteiger charge is 2.12. The molecule has 0 saturated heterocycles. The fourth-order valence-corrected chi connectivity index (χ4v) is 2.44. The van der Waals surface area contributed by atoms with Crippen molar-refractivity contribution in [1.82, 2.24) is 14.8 Å². The summed E-state index contributed by atoms with van der Waals surface area (Å²) in [5.74, 6) is 0. The fraction of sp³-hybridized carbons (Fsp3) is 0.500. The normalized spacial score (nSPS) is 13.2. The van der Waals surface area contributed by atoms with Gasteiger partial charge in [-0.2, -0.15) is 5.10 Å². The van der Waals surface area contributed by atoms with E-state index in [1.54, 1.807) is 11.3 Å². The summed E-state index contributed by atoms with van der Waals surface area (Å²) in [6.45, 7) is 6.22. The van der Waals surface area contributed by atoms with E-state index in [9.17, 15) is 0 Å². The van der Waals surface area contributed by atoms with Gasteiger partial charge in [0.2, 0.25) is 0 Å². The lowest BCUT2D eigenvalue weighted by atomic mass is 10.1. The Kier molecular flexibility index (Phi) is 3.59. The summed E-state index contributed by atoms with van der Waals surface area (Å²) in [5.41, 5.74) is 7.19. The molecule has 0 bridgehead atoms. The highest BCUT2D eigenvalue weighted by Crippen LogP contribution is 2.21. The van der Waals surface area contributed by atoms with Crippen LogP contribution in [0.5, 0.6) is 0 Å². The van der Waals surface area contributed by atoms with E-state index in [0.29, 0.717) is 6.04 Å². The molecule has 0 aromatic carbocycles. The molecule has 0 aliphatic carbocycles. The molecule has 2 rings (SSSR count).